The summed E-state index contributed by atoms with van der Waals surface area (Å²) in [6, 6.07) is 11.6. The lowest BCUT2D eigenvalue weighted by molar-refractivity contribution is 0.0169. The van der Waals surface area contributed by atoms with Gasteiger partial charge in [-0.05, 0) is 53.3 Å². The summed E-state index contributed by atoms with van der Waals surface area (Å²) in [5, 5.41) is 15.9. The van der Waals surface area contributed by atoms with Crippen LogP contribution < -0.4 is 5.32 Å². The second kappa shape index (κ2) is 6.34. The second-order valence-corrected chi connectivity index (χ2v) is 8.63. The number of nitrogens with one attached hydrogen (secondary N) is 1. The average molecular weight is 343 g/mol. The van der Waals surface area contributed by atoms with Crippen molar-refractivity contribution < 1.29 is 9.90 Å². The minimum atomic E-state index is -0.935. The van der Waals surface area contributed by atoms with Gasteiger partial charge in [0.1, 0.15) is 5.60 Å². The largest absolute Gasteiger partial charge is 0.382 e. The molecule has 3 nitrogen and oxygen atoms in total. The quantitative estimate of drug-likeness (QED) is 0.860. The Hall–Kier alpha value is -1.65. The van der Waals surface area contributed by atoms with Crippen molar-refractivity contribution in [2.45, 2.75) is 44.6 Å². The molecule has 1 aromatic carbocycles. The van der Waals surface area contributed by atoms with Gasteiger partial charge in [0, 0.05) is 10.4 Å². The van der Waals surface area contributed by atoms with E-state index in [2.05, 4.69) is 26.1 Å². The number of amides is 1. The predicted molar refractivity (Wildman–Crippen MR) is 98.4 cm³/mol. The van der Waals surface area contributed by atoms with E-state index in [9.17, 15) is 9.90 Å². The highest BCUT2D eigenvalue weighted by molar-refractivity contribution is 7.10. The lowest BCUT2D eigenvalue weighted by atomic mass is 9.86. The molecule has 1 amide bonds. The molecular formula is C20H25NO2S. The van der Waals surface area contributed by atoms with Crippen LogP contribution in [0.1, 0.15) is 54.4 Å². The number of aliphatic hydroxyl groups is 1. The molecule has 1 heterocycles. The molecule has 2 aromatic rings. The van der Waals surface area contributed by atoms with Crippen molar-refractivity contribution in [3.8, 4) is 0 Å². The molecule has 3 rings (SSSR count). The van der Waals surface area contributed by atoms with Gasteiger partial charge in [-0.3, -0.25) is 4.79 Å². The van der Waals surface area contributed by atoms with Crippen LogP contribution in [0, 0.1) is 5.92 Å². The molecule has 1 unspecified atom stereocenters. The van der Waals surface area contributed by atoms with Crippen LogP contribution in [0.15, 0.2) is 41.8 Å². The lowest BCUT2D eigenvalue weighted by Crippen LogP contribution is -2.42. The molecule has 1 aliphatic rings. The molecule has 1 aromatic heterocycles. The Morgan fingerprint density at radius 3 is 2.38 bits per heavy atom. The van der Waals surface area contributed by atoms with E-state index >= 15 is 0 Å². The van der Waals surface area contributed by atoms with E-state index in [1.165, 1.54) is 5.56 Å². The van der Waals surface area contributed by atoms with Gasteiger partial charge in [0.2, 0.25) is 0 Å². The number of benzene rings is 1. The Morgan fingerprint density at radius 1 is 1.21 bits per heavy atom. The molecule has 128 valence electrons. The molecule has 0 bridgehead atoms. The fourth-order valence-corrected chi connectivity index (χ4v) is 3.86. The van der Waals surface area contributed by atoms with E-state index in [1.54, 1.807) is 11.3 Å². The van der Waals surface area contributed by atoms with Gasteiger partial charge in [-0.2, -0.15) is 0 Å². The van der Waals surface area contributed by atoms with Crippen molar-refractivity contribution in [1.29, 1.82) is 0 Å². The van der Waals surface area contributed by atoms with Gasteiger partial charge < -0.3 is 10.4 Å². The summed E-state index contributed by atoms with van der Waals surface area (Å²) in [6.07, 6.45) is 2.04. The van der Waals surface area contributed by atoms with Crippen LogP contribution in [0.4, 0.5) is 0 Å². The maximum Gasteiger partial charge on any atom is 0.251 e. The summed E-state index contributed by atoms with van der Waals surface area (Å²) in [6.45, 7) is 6.72. The monoisotopic (exact) mass is 343 g/mol. The Balaban J connectivity index is 1.68. The molecule has 0 saturated heterocycles. The van der Waals surface area contributed by atoms with E-state index in [4.69, 9.17) is 0 Å². The van der Waals surface area contributed by atoms with Crippen LogP contribution in [0.25, 0.3) is 0 Å². The molecule has 4 heteroatoms. The van der Waals surface area contributed by atoms with E-state index in [0.29, 0.717) is 5.56 Å². The fraction of sp³-hybridized carbons (Fsp3) is 0.450. The van der Waals surface area contributed by atoms with Crippen LogP contribution in [-0.4, -0.2) is 17.6 Å². The van der Waals surface area contributed by atoms with Crippen LogP contribution in [0.2, 0.25) is 0 Å². The Morgan fingerprint density at radius 2 is 1.88 bits per heavy atom. The third-order valence-electron chi connectivity index (χ3n) is 4.73. The summed E-state index contributed by atoms with van der Waals surface area (Å²) in [7, 11) is 0. The Bertz CT molecular complexity index is 696. The summed E-state index contributed by atoms with van der Waals surface area (Å²) in [4.78, 5) is 13.4. The molecule has 1 saturated carbocycles. The first-order chi connectivity index (χ1) is 11.3. The van der Waals surface area contributed by atoms with Crippen LogP contribution in [0.3, 0.4) is 0 Å². The van der Waals surface area contributed by atoms with Crippen molar-refractivity contribution in [3.05, 3.63) is 57.8 Å². The van der Waals surface area contributed by atoms with E-state index < -0.39 is 5.60 Å². The zero-order valence-corrected chi connectivity index (χ0v) is 15.3. The van der Waals surface area contributed by atoms with Gasteiger partial charge in [-0.25, -0.2) is 0 Å². The SMILES string of the molecule is CC(C)(C)c1ccc(C(=O)NCC(O)(c2cccs2)C2CC2)cc1. The number of thiophene rings is 1. The van der Waals surface area contributed by atoms with Gasteiger partial charge in [0.15, 0.2) is 0 Å². The highest BCUT2D eigenvalue weighted by Crippen LogP contribution is 2.46. The normalized spacial score (nSPS) is 17.3. The molecular weight excluding hydrogens is 318 g/mol. The predicted octanol–water partition coefficient (Wildman–Crippen LogP) is 4.07. The average Bonchev–Trinajstić information content (AvgIpc) is 3.26. The first-order valence-electron chi connectivity index (χ1n) is 8.46. The fourth-order valence-electron chi connectivity index (χ4n) is 2.96. The minimum absolute atomic E-state index is 0.0698. The molecule has 2 N–H and O–H groups in total. The molecule has 24 heavy (non-hydrogen) atoms. The highest BCUT2D eigenvalue weighted by atomic mass is 32.1. The summed E-state index contributed by atoms with van der Waals surface area (Å²) < 4.78 is 0. The van der Waals surface area contributed by atoms with Gasteiger partial charge in [-0.1, -0.05) is 39.0 Å². The van der Waals surface area contributed by atoms with Crippen LogP contribution in [0.5, 0.6) is 0 Å². The van der Waals surface area contributed by atoms with Crippen molar-refractivity contribution in [2.75, 3.05) is 6.54 Å². The number of carbonyl (C=O) groups excluding carboxylic acids is 1. The van der Waals surface area contributed by atoms with Crippen LogP contribution in [-0.2, 0) is 11.0 Å². The minimum Gasteiger partial charge on any atom is -0.382 e. The third-order valence-corrected chi connectivity index (χ3v) is 5.77. The van der Waals surface area contributed by atoms with E-state index in [-0.39, 0.29) is 23.8 Å². The maximum atomic E-state index is 12.4. The van der Waals surface area contributed by atoms with Gasteiger partial charge in [0.25, 0.3) is 5.91 Å². The second-order valence-electron chi connectivity index (χ2n) is 7.69. The molecule has 0 radical (unpaired) electrons. The summed E-state index contributed by atoms with van der Waals surface area (Å²) in [5.74, 6) is 0.116. The van der Waals surface area contributed by atoms with Crippen molar-refractivity contribution in [3.63, 3.8) is 0 Å². The number of hydrogen-bond acceptors (Lipinski definition) is 3. The molecule has 0 spiro atoms. The summed E-state index contributed by atoms with van der Waals surface area (Å²) in [5.41, 5.74) is 0.967. The smallest absolute Gasteiger partial charge is 0.251 e. The van der Waals surface area contributed by atoms with Crippen molar-refractivity contribution >= 4 is 17.2 Å². The van der Waals surface area contributed by atoms with E-state index in [0.717, 1.165) is 17.7 Å². The number of carbonyl (C=O) groups is 1. The maximum absolute atomic E-state index is 12.4. The molecule has 1 aliphatic carbocycles. The van der Waals surface area contributed by atoms with Crippen LogP contribution >= 0.6 is 11.3 Å². The Labute approximate surface area is 147 Å². The standard InChI is InChI=1S/C20H25NO2S/c1-19(2,3)15-8-6-14(7-9-15)18(22)21-13-20(23,16-10-11-16)17-5-4-12-24-17/h4-9,12,16,23H,10-11,13H2,1-3H3,(H,21,22). The molecule has 0 aliphatic heterocycles. The third kappa shape index (κ3) is 3.55. The van der Waals surface area contributed by atoms with Gasteiger partial charge in [-0.15, -0.1) is 11.3 Å². The van der Waals surface area contributed by atoms with E-state index in [1.807, 2.05) is 41.8 Å². The van der Waals surface area contributed by atoms with Gasteiger partial charge >= 0.3 is 0 Å². The van der Waals surface area contributed by atoms with Crippen molar-refractivity contribution in [1.82, 2.24) is 5.32 Å². The number of rotatable bonds is 5. The summed E-state index contributed by atoms with van der Waals surface area (Å²) >= 11 is 1.55. The number of hydrogen-bond donors (Lipinski definition) is 2. The van der Waals surface area contributed by atoms with Gasteiger partial charge in [0.05, 0.1) is 6.54 Å². The zero-order chi connectivity index (χ0) is 17.4. The molecule has 1 fully saturated rings. The topological polar surface area (TPSA) is 49.3 Å². The molecule has 1 atom stereocenters. The Kier molecular flexibility index (Phi) is 4.54. The zero-order valence-electron chi connectivity index (χ0n) is 14.5. The first kappa shape index (κ1) is 17.2. The highest BCUT2D eigenvalue weighted by Gasteiger charge is 2.45. The first-order valence-corrected chi connectivity index (χ1v) is 9.34. The lowest BCUT2D eigenvalue weighted by Gasteiger charge is -2.27. The van der Waals surface area contributed by atoms with Crippen molar-refractivity contribution in [2.24, 2.45) is 5.92 Å².